The number of aromatic hydroxyl groups is 2. The van der Waals surface area contributed by atoms with Crippen LogP contribution >= 0.6 is 0 Å². The van der Waals surface area contributed by atoms with Gasteiger partial charge in [-0.15, -0.1) is 13.2 Å². The van der Waals surface area contributed by atoms with Crippen LogP contribution in [-0.4, -0.2) is 23.5 Å². The number of phenolic OH excluding ortho intramolecular Hbond substituents is 2. The lowest BCUT2D eigenvalue weighted by molar-refractivity contribution is 0.362. The van der Waals surface area contributed by atoms with Gasteiger partial charge in [0, 0.05) is 17.8 Å². The predicted octanol–water partition coefficient (Wildman–Crippen LogP) is 7.01. The lowest BCUT2D eigenvalue weighted by Crippen LogP contribution is -1.95. The van der Waals surface area contributed by atoms with E-state index in [-0.39, 0.29) is 11.5 Å². The third kappa shape index (κ3) is 8.64. The Labute approximate surface area is 170 Å². The van der Waals surface area contributed by atoms with Gasteiger partial charge in [-0.25, -0.2) is 0 Å². The van der Waals surface area contributed by atoms with Crippen molar-refractivity contribution in [2.45, 2.75) is 77.0 Å². The summed E-state index contributed by atoms with van der Waals surface area (Å²) >= 11 is 0. The van der Waals surface area contributed by atoms with Crippen molar-refractivity contribution in [3.05, 3.63) is 36.9 Å². The molecule has 2 N–H and O–H groups in total. The molecular weight excluding hydrogens is 350 g/mol. The molecule has 4 heteroatoms. The molecule has 0 aliphatic carbocycles. The quantitative estimate of drug-likeness (QED) is 0.139. The summed E-state index contributed by atoms with van der Waals surface area (Å²) in [5, 5.41) is 20.9. The molecule has 156 valence electrons. The Morgan fingerprint density at radius 3 is 2.14 bits per heavy atom. The van der Waals surface area contributed by atoms with Gasteiger partial charge < -0.3 is 14.9 Å². The standard InChI is InChI=1S/C24H37NO3/c1-4-6-8-10-11-12-13-14-15-17-20-23(27)21(19-22(26)24(20)28-3)25-18-16-9-7-5-2/h4-5,18-19,26-27H,1-2,6-17H2,3H3. The number of phenols is 2. The van der Waals surface area contributed by atoms with Crippen LogP contribution in [0.15, 0.2) is 36.4 Å². The molecule has 0 fully saturated rings. The fraction of sp³-hybridized carbons (Fsp3) is 0.542. The Kier molecular flexibility index (Phi) is 12.6. The molecule has 1 aromatic carbocycles. The first-order valence-electron chi connectivity index (χ1n) is 10.5. The SMILES string of the molecule is C=CCCCC=Nc1cc(O)c(OC)c(CCCCCCCCCC=C)c1O. The molecule has 0 amide bonds. The van der Waals surface area contributed by atoms with E-state index in [4.69, 9.17) is 4.74 Å². The summed E-state index contributed by atoms with van der Waals surface area (Å²) in [6.07, 6.45) is 18.3. The van der Waals surface area contributed by atoms with Gasteiger partial charge in [0.1, 0.15) is 11.4 Å². The Morgan fingerprint density at radius 1 is 0.893 bits per heavy atom. The minimum Gasteiger partial charge on any atom is -0.505 e. The first-order valence-corrected chi connectivity index (χ1v) is 10.5. The van der Waals surface area contributed by atoms with Crippen LogP contribution in [0.2, 0.25) is 0 Å². The molecule has 0 heterocycles. The van der Waals surface area contributed by atoms with Gasteiger partial charge in [-0.05, 0) is 44.9 Å². The van der Waals surface area contributed by atoms with Gasteiger partial charge >= 0.3 is 0 Å². The van der Waals surface area contributed by atoms with Gasteiger partial charge in [-0.1, -0.05) is 44.3 Å². The Morgan fingerprint density at radius 2 is 1.50 bits per heavy atom. The van der Waals surface area contributed by atoms with Gasteiger partial charge in [0.25, 0.3) is 0 Å². The van der Waals surface area contributed by atoms with Crippen molar-refractivity contribution in [3.8, 4) is 17.2 Å². The largest absolute Gasteiger partial charge is 0.505 e. The van der Waals surface area contributed by atoms with Crippen molar-refractivity contribution in [1.82, 2.24) is 0 Å². The summed E-state index contributed by atoms with van der Waals surface area (Å²) in [4.78, 5) is 4.34. The molecule has 0 atom stereocenters. The van der Waals surface area contributed by atoms with Crippen LogP contribution in [0.1, 0.15) is 76.2 Å². The van der Waals surface area contributed by atoms with Crippen molar-refractivity contribution in [2.24, 2.45) is 4.99 Å². The summed E-state index contributed by atoms with van der Waals surface area (Å²) in [5.74, 6) is 0.488. The molecule has 0 aliphatic rings. The molecule has 0 bridgehead atoms. The number of hydrogen-bond donors (Lipinski definition) is 2. The zero-order valence-corrected chi connectivity index (χ0v) is 17.5. The van der Waals surface area contributed by atoms with Crippen LogP contribution in [0.25, 0.3) is 0 Å². The monoisotopic (exact) mass is 387 g/mol. The fourth-order valence-corrected chi connectivity index (χ4v) is 3.23. The summed E-state index contributed by atoms with van der Waals surface area (Å²) in [5.41, 5.74) is 1.04. The second kappa shape index (κ2) is 14.8. The molecule has 1 rings (SSSR count). The molecule has 1 aromatic rings. The normalized spacial score (nSPS) is 11.0. The van der Waals surface area contributed by atoms with E-state index in [1.54, 1.807) is 6.21 Å². The van der Waals surface area contributed by atoms with Crippen molar-refractivity contribution in [3.63, 3.8) is 0 Å². The lowest BCUT2D eigenvalue weighted by atomic mass is 10.0. The summed E-state index contributed by atoms with van der Waals surface area (Å²) in [6.45, 7) is 7.45. The van der Waals surface area contributed by atoms with Gasteiger partial charge in [0.15, 0.2) is 11.5 Å². The molecule has 0 saturated carbocycles. The molecule has 0 spiro atoms. The zero-order valence-electron chi connectivity index (χ0n) is 17.5. The number of methoxy groups -OCH3 is 1. The van der Waals surface area contributed by atoms with E-state index >= 15 is 0 Å². The summed E-state index contributed by atoms with van der Waals surface area (Å²) in [6, 6.07) is 1.46. The molecular formula is C24H37NO3. The van der Waals surface area contributed by atoms with Crippen LogP contribution in [0, 0.1) is 0 Å². The lowest BCUT2D eigenvalue weighted by Gasteiger charge is -2.14. The molecule has 0 radical (unpaired) electrons. The number of rotatable bonds is 16. The minimum absolute atomic E-state index is 0.0239. The molecule has 28 heavy (non-hydrogen) atoms. The van der Waals surface area contributed by atoms with Crippen LogP contribution in [-0.2, 0) is 6.42 Å². The van der Waals surface area contributed by atoms with E-state index in [0.29, 0.717) is 23.4 Å². The first-order chi connectivity index (χ1) is 13.7. The van der Waals surface area contributed by atoms with Gasteiger partial charge in [0.2, 0.25) is 0 Å². The summed E-state index contributed by atoms with van der Waals surface area (Å²) < 4.78 is 5.32. The molecule has 0 saturated heterocycles. The van der Waals surface area contributed by atoms with Gasteiger partial charge in [-0.3, -0.25) is 4.99 Å². The molecule has 4 nitrogen and oxygen atoms in total. The van der Waals surface area contributed by atoms with E-state index in [2.05, 4.69) is 18.2 Å². The number of nitrogens with zero attached hydrogens (tertiary/aromatic N) is 1. The maximum absolute atomic E-state index is 10.6. The summed E-state index contributed by atoms with van der Waals surface area (Å²) in [7, 11) is 1.51. The van der Waals surface area contributed by atoms with Crippen molar-refractivity contribution < 1.29 is 14.9 Å². The third-order valence-corrected chi connectivity index (χ3v) is 4.82. The Balaban J connectivity index is 2.58. The van der Waals surface area contributed by atoms with Gasteiger partial charge in [0.05, 0.1) is 7.11 Å². The Hall–Kier alpha value is -2.23. The number of ether oxygens (including phenoxy) is 1. The van der Waals surface area contributed by atoms with Crippen molar-refractivity contribution in [1.29, 1.82) is 0 Å². The average Bonchev–Trinajstić information content (AvgIpc) is 2.69. The highest BCUT2D eigenvalue weighted by Crippen LogP contribution is 2.44. The molecule has 0 aliphatic heterocycles. The predicted molar refractivity (Wildman–Crippen MR) is 119 cm³/mol. The fourth-order valence-electron chi connectivity index (χ4n) is 3.23. The van der Waals surface area contributed by atoms with Crippen LogP contribution in [0.5, 0.6) is 17.2 Å². The molecule has 0 unspecified atom stereocenters. The highest BCUT2D eigenvalue weighted by atomic mass is 16.5. The smallest absolute Gasteiger partial charge is 0.167 e. The highest BCUT2D eigenvalue weighted by molar-refractivity contribution is 5.71. The minimum atomic E-state index is 0.0239. The van der Waals surface area contributed by atoms with Crippen molar-refractivity contribution >= 4 is 11.9 Å². The number of hydrogen-bond acceptors (Lipinski definition) is 4. The highest BCUT2D eigenvalue weighted by Gasteiger charge is 2.17. The molecule has 0 aromatic heterocycles. The average molecular weight is 388 g/mol. The zero-order chi connectivity index (χ0) is 20.6. The maximum atomic E-state index is 10.6. The van der Waals surface area contributed by atoms with E-state index in [9.17, 15) is 10.2 Å². The maximum Gasteiger partial charge on any atom is 0.167 e. The van der Waals surface area contributed by atoms with E-state index in [1.807, 2.05) is 12.2 Å². The topological polar surface area (TPSA) is 62.1 Å². The van der Waals surface area contributed by atoms with E-state index in [1.165, 1.54) is 45.3 Å². The van der Waals surface area contributed by atoms with Crippen LogP contribution in [0.3, 0.4) is 0 Å². The van der Waals surface area contributed by atoms with Gasteiger partial charge in [-0.2, -0.15) is 0 Å². The van der Waals surface area contributed by atoms with Crippen LogP contribution in [0.4, 0.5) is 5.69 Å². The van der Waals surface area contributed by atoms with E-state index in [0.717, 1.165) is 38.5 Å². The number of unbranched alkanes of at least 4 members (excludes halogenated alkanes) is 9. The number of aliphatic imine (C=N–C) groups is 1. The number of allylic oxidation sites excluding steroid dienone is 2. The second-order valence-corrected chi connectivity index (χ2v) is 7.11. The van der Waals surface area contributed by atoms with Crippen LogP contribution < -0.4 is 4.74 Å². The second-order valence-electron chi connectivity index (χ2n) is 7.11. The van der Waals surface area contributed by atoms with E-state index < -0.39 is 0 Å². The third-order valence-electron chi connectivity index (χ3n) is 4.82. The number of benzene rings is 1. The van der Waals surface area contributed by atoms with Crippen molar-refractivity contribution in [2.75, 3.05) is 7.11 Å². The Bertz CT molecular complexity index is 623. The first kappa shape index (κ1) is 23.8.